The van der Waals surface area contributed by atoms with E-state index in [2.05, 4.69) is 103 Å². The van der Waals surface area contributed by atoms with Crippen molar-refractivity contribution in [1.82, 2.24) is 0 Å². The van der Waals surface area contributed by atoms with Gasteiger partial charge in [-0.2, -0.15) is 0 Å². The van der Waals surface area contributed by atoms with Crippen molar-refractivity contribution in [1.29, 1.82) is 0 Å². The van der Waals surface area contributed by atoms with Crippen LogP contribution in [-0.4, -0.2) is 59.9 Å². The Balaban J connectivity index is 4.60. The first-order valence-electron chi connectivity index (χ1n) is 18.6. The number of allylic oxidation sites excluding steroid dienone is 14. The second-order valence-electron chi connectivity index (χ2n) is 11.9. The van der Waals surface area contributed by atoms with Crippen LogP contribution in [0.1, 0.15) is 117 Å². The van der Waals surface area contributed by atoms with Gasteiger partial charge in [0.1, 0.15) is 12.6 Å². The van der Waals surface area contributed by atoms with Crippen LogP contribution < -0.4 is 5.73 Å². The molecule has 0 amide bonds. The van der Waals surface area contributed by atoms with E-state index >= 15 is 0 Å². The van der Waals surface area contributed by atoms with Crippen LogP contribution in [0.4, 0.5) is 0 Å². The van der Waals surface area contributed by atoms with Crippen LogP contribution in [0, 0.1) is 0 Å². The number of carboxylic acid groups (broad SMARTS) is 1. The number of nitrogens with two attached hydrogens (primary N) is 1. The minimum Gasteiger partial charge on any atom is -0.480 e. The molecule has 12 heteroatoms. The molecule has 0 fully saturated rings. The van der Waals surface area contributed by atoms with Crippen LogP contribution in [0.2, 0.25) is 0 Å². The van der Waals surface area contributed by atoms with E-state index in [4.69, 9.17) is 24.8 Å². The highest BCUT2D eigenvalue weighted by molar-refractivity contribution is 7.47. The normalized spacial score (nSPS) is 14.8. The number of phosphoric acid groups is 1. The Hall–Kier alpha value is -3.34. The fourth-order valence-electron chi connectivity index (χ4n) is 4.24. The Morgan fingerprint density at radius 1 is 0.596 bits per heavy atom. The van der Waals surface area contributed by atoms with E-state index in [0.717, 1.165) is 77.0 Å². The number of carboxylic acids is 1. The van der Waals surface area contributed by atoms with Gasteiger partial charge in [-0.3, -0.25) is 23.4 Å². The number of esters is 2. The van der Waals surface area contributed by atoms with Crippen LogP contribution in [0.5, 0.6) is 0 Å². The van der Waals surface area contributed by atoms with Gasteiger partial charge in [-0.1, -0.05) is 105 Å². The molecule has 0 aliphatic carbocycles. The predicted octanol–water partition coefficient (Wildman–Crippen LogP) is 9.16. The minimum atomic E-state index is -4.73. The maximum atomic E-state index is 12.5. The average molecular weight is 750 g/mol. The van der Waals surface area contributed by atoms with Crippen LogP contribution in [0.25, 0.3) is 0 Å². The molecule has 0 heterocycles. The highest BCUT2D eigenvalue weighted by Crippen LogP contribution is 2.43. The first kappa shape index (κ1) is 48.7. The standard InChI is InChI=1S/C40H64NO10P/c1-3-5-7-9-11-13-15-17-18-20-22-24-26-28-30-32-39(43)51-36(34-49-52(46,47)50-35-37(41)40(44)45)33-48-38(42)31-29-27-25-23-21-19-16-14-12-10-8-6-4-2/h5-8,11-14,17-19,21-22,24,36-37H,3-4,9-10,15-16,20,23,25-35,41H2,1-2H3,(H,44,45)(H,46,47)/b7-5-,8-6-,13-11-,14-12-,18-17-,21-19-,24-22-. The lowest BCUT2D eigenvalue weighted by atomic mass is 10.1. The maximum absolute atomic E-state index is 12.5. The summed E-state index contributed by atoms with van der Waals surface area (Å²) in [5, 5.41) is 8.85. The molecular weight excluding hydrogens is 685 g/mol. The van der Waals surface area contributed by atoms with Gasteiger partial charge in [0.25, 0.3) is 0 Å². The van der Waals surface area contributed by atoms with E-state index in [0.29, 0.717) is 12.8 Å². The van der Waals surface area contributed by atoms with Crippen molar-refractivity contribution in [2.24, 2.45) is 5.73 Å². The van der Waals surface area contributed by atoms with Gasteiger partial charge in [-0.05, 0) is 83.5 Å². The topological polar surface area (TPSA) is 172 Å². The zero-order chi connectivity index (χ0) is 38.5. The van der Waals surface area contributed by atoms with E-state index in [1.807, 2.05) is 0 Å². The molecule has 0 spiro atoms. The summed E-state index contributed by atoms with van der Waals surface area (Å²) in [5.74, 6) is -2.49. The van der Waals surface area contributed by atoms with Gasteiger partial charge in [0, 0.05) is 12.8 Å². The van der Waals surface area contributed by atoms with Crippen LogP contribution in [0.3, 0.4) is 0 Å². The van der Waals surface area contributed by atoms with Crippen LogP contribution >= 0.6 is 7.82 Å². The molecule has 0 radical (unpaired) electrons. The first-order chi connectivity index (χ1) is 25.1. The smallest absolute Gasteiger partial charge is 0.472 e. The van der Waals surface area contributed by atoms with Gasteiger partial charge in [0.05, 0.1) is 13.2 Å². The number of unbranched alkanes of at least 4 members (excludes halogenated alkanes) is 5. The molecule has 0 bridgehead atoms. The van der Waals surface area contributed by atoms with E-state index in [1.54, 1.807) is 0 Å². The number of carbonyl (C=O) groups is 3. The molecule has 0 aromatic rings. The zero-order valence-electron chi connectivity index (χ0n) is 31.4. The molecule has 4 N–H and O–H groups in total. The van der Waals surface area contributed by atoms with Crippen LogP contribution in [-0.2, 0) is 37.5 Å². The van der Waals surface area contributed by atoms with Crippen molar-refractivity contribution in [3.8, 4) is 0 Å². The van der Waals surface area contributed by atoms with Crippen molar-refractivity contribution >= 4 is 25.7 Å². The van der Waals surface area contributed by atoms with Gasteiger partial charge in [0.15, 0.2) is 6.10 Å². The lowest BCUT2D eigenvalue weighted by Gasteiger charge is -2.20. The second kappa shape index (κ2) is 34.7. The van der Waals surface area contributed by atoms with Crippen molar-refractivity contribution in [2.45, 2.75) is 129 Å². The summed E-state index contributed by atoms with van der Waals surface area (Å²) in [6, 6.07) is -1.54. The summed E-state index contributed by atoms with van der Waals surface area (Å²) in [4.78, 5) is 45.7. The number of aliphatic carboxylic acids is 1. The van der Waals surface area contributed by atoms with Crippen molar-refractivity contribution in [3.05, 3.63) is 85.1 Å². The largest absolute Gasteiger partial charge is 0.480 e. The monoisotopic (exact) mass is 749 g/mol. The molecule has 0 aliphatic rings. The quantitative estimate of drug-likeness (QED) is 0.0253. The van der Waals surface area contributed by atoms with E-state index < -0.39 is 51.1 Å². The summed E-state index contributed by atoms with van der Waals surface area (Å²) in [7, 11) is -4.73. The third-order valence-electron chi connectivity index (χ3n) is 7.14. The molecule has 0 saturated heterocycles. The Labute approximate surface area is 312 Å². The third kappa shape index (κ3) is 33.8. The molecule has 11 nitrogen and oxygen atoms in total. The Morgan fingerprint density at radius 2 is 1.02 bits per heavy atom. The number of hydrogen-bond acceptors (Lipinski definition) is 9. The van der Waals surface area contributed by atoms with E-state index in [-0.39, 0.29) is 19.4 Å². The molecule has 0 aromatic heterocycles. The van der Waals surface area contributed by atoms with Gasteiger partial charge in [-0.15, -0.1) is 0 Å². The maximum Gasteiger partial charge on any atom is 0.472 e. The van der Waals surface area contributed by atoms with Crippen LogP contribution in [0.15, 0.2) is 85.1 Å². The van der Waals surface area contributed by atoms with Crippen molar-refractivity contribution in [3.63, 3.8) is 0 Å². The fourth-order valence-corrected chi connectivity index (χ4v) is 5.02. The van der Waals surface area contributed by atoms with Gasteiger partial charge < -0.3 is 25.2 Å². The molecular formula is C40H64NO10P. The fraction of sp³-hybridized carbons (Fsp3) is 0.575. The van der Waals surface area contributed by atoms with Gasteiger partial charge >= 0.3 is 25.7 Å². The Bertz CT molecular complexity index is 1200. The number of ether oxygens (including phenoxy) is 2. The third-order valence-corrected chi connectivity index (χ3v) is 8.09. The summed E-state index contributed by atoms with van der Waals surface area (Å²) in [6.45, 7) is 2.45. The summed E-state index contributed by atoms with van der Waals surface area (Å²) in [6.07, 6.45) is 40.9. The molecule has 294 valence electrons. The number of phosphoric ester groups is 1. The number of rotatable bonds is 33. The molecule has 52 heavy (non-hydrogen) atoms. The number of hydrogen-bond donors (Lipinski definition) is 3. The Morgan fingerprint density at radius 3 is 1.52 bits per heavy atom. The Kier molecular flexibility index (Phi) is 32.5. The average Bonchev–Trinajstić information content (AvgIpc) is 3.12. The molecule has 0 aliphatic heterocycles. The van der Waals surface area contributed by atoms with Crippen molar-refractivity contribution in [2.75, 3.05) is 19.8 Å². The predicted molar refractivity (Wildman–Crippen MR) is 207 cm³/mol. The van der Waals surface area contributed by atoms with Crippen molar-refractivity contribution < 1.29 is 47.5 Å². The van der Waals surface area contributed by atoms with E-state index in [1.165, 1.54) is 0 Å². The highest BCUT2D eigenvalue weighted by Gasteiger charge is 2.28. The summed E-state index contributed by atoms with van der Waals surface area (Å²) >= 11 is 0. The highest BCUT2D eigenvalue weighted by atomic mass is 31.2. The molecule has 0 rings (SSSR count). The SMILES string of the molecule is CC/C=C\C/C=C\C/C=C\C/C=C\CCCCC(=O)OC(COC(=O)CCCCC/C=C\C/C=C\C/C=C\CC)COP(=O)(O)OCC(N)C(=O)O. The molecule has 0 saturated carbocycles. The van der Waals surface area contributed by atoms with Gasteiger partial charge in [0.2, 0.25) is 0 Å². The zero-order valence-corrected chi connectivity index (χ0v) is 32.3. The molecule has 0 aromatic carbocycles. The van der Waals surface area contributed by atoms with Gasteiger partial charge in [-0.25, -0.2) is 4.57 Å². The first-order valence-corrected chi connectivity index (χ1v) is 20.1. The summed E-state index contributed by atoms with van der Waals surface area (Å²) in [5.41, 5.74) is 5.31. The lowest BCUT2D eigenvalue weighted by molar-refractivity contribution is -0.161. The lowest BCUT2D eigenvalue weighted by Crippen LogP contribution is -2.34. The molecule has 3 unspecified atom stereocenters. The molecule has 3 atom stereocenters. The summed E-state index contributed by atoms with van der Waals surface area (Å²) < 4.78 is 32.5. The second-order valence-corrected chi connectivity index (χ2v) is 13.4. The minimum absolute atomic E-state index is 0.0970. The van der Waals surface area contributed by atoms with E-state index in [9.17, 15) is 23.8 Å². The number of carbonyl (C=O) groups excluding carboxylic acids is 2.